The minimum atomic E-state index is -4.37. The molecule has 1 atom stereocenters. The van der Waals surface area contributed by atoms with Crippen LogP contribution >= 0.6 is 0 Å². The van der Waals surface area contributed by atoms with Crippen LogP contribution in [0.15, 0.2) is 108 Å². The highest BCUT2D eigenvalue weighted by molar-refractivity contribution is 7.92. The maximum atomic E-state index is 14.4. The van der Waals surface area contributed by atoms with Gasteiger partial charge in [0.15, 0.2) is 0 Å². The number of rotatable bonds is 16. The van der Waals surface area contributed by atoms with E-state index in [4.69, 9.17) is 4.74 Å². The Labute approximate surface area is 275 Å². The van der Waals surface area contributed by atoms with Gasteiger partial charge in [-0.05, 0) is 85.1 Å². The van der Waals surface area contributed by atoms with Crippen molar-refractivity contribution >= 4 is 27.5 Å². The van der Waals surface area contributed by atoms with E-state index in [1.165, 1.54) is 65.6 Å². The number of carbonyl (C=O) groups excluding carboxylic acids is 2. The van der Waals surface area contributed by atoms with Crippen LogP contribution < -0.4 is 14.4 Å². The summed E-state index contributed by atoms with van der Waals surface area (Å²) in [7, 11) is -4.37. The summed E-state index contributed by atoms with van der Waals surface area (Å²) in [4.78, 5) is 29.4. The summed E-state index contributed by atoms with van der Waals surface area (Å²) >= 11 is 0. The topological polar surface area (TPSA) is 96.0 Å². The Bertz CT molecular complexity index is 1700. The van der Waals surface area contributed by atoms with Gasteiger partial charge in [0.2, 0.25) is 11.8 Å². The van der Waals surface area contributed by atoms with Crippen LogP contribution in [0.3, 0.4) is 0 Å². The first-order valence-electron chi connectivity index (χ1n) is 15.5. The van der Waals surface area contributed by atoms with Crippen LogP contribution in [0.2, 0.25) is 0 Å². The Morgan fingerprint density at radius 1 is 0.809 bits per heavy atom. The normalized spacial score (nSPS) is 11.8. The number of benzene rings is 4. The number of nitrogens with one attached hydrogen (secondary N) is 1. The second-order valence-electron chi connectivity index (χ2n) is 10.9. The van der Waals surface area contributed by atoms with E-state index < -0.39 is 46.1 Å². The maximum absolute atomic E-state index is 14.4. The molecule has 4 aromatic rings. The number of hydrogen-bond donors (Lipinski definition) is 1. The first-order chi connectivity index (χ1) is 22.6. The highest BCUT2D eigenvalue weighted by Gasteiger charge is 2.34. The van der Waals surface area contributed by atoms with Crippen molar-refractivity contribution in [1.29, 1.82) is 0 Å². The van der Waals surface area contributed by atoms with E-state index in [0.717, 1.165) is 34.8 Å². The van der Waals surface area contributed by atoms with E-state index >= 15 is 0 Å². The van der Waals surface area contributed by atoms with Gasteiger partial charge in [-0.3, -0.25) is 13.9 Å². The molecule has 0 unspecified atom stereocenters. The van der Waals surface area contributed by atoms with Gasteiger partial charge in [-0.1, -0.05) is 55.8 Å². The van der Waals surface area contributed by atoms with Crippen molar-refractivity contribution in [2.75, 3.05) is 24.0 Å². The van der Waals surface area contributed by atoms with E-state index in [9.17, 15) is 26.8 Å². The smallest absolute Gasteiger partial charge is 0.264 e. The lowest BCUT2D eigenvalue weighted by molar-refractivity contribution is -0.140. The highest BCUT2D eigenvalue weighted by Crippen LogP contribution is 2.27. The third-order valence-corrected chi connectivity index (χ3v) is 9.27. The second kappa shape index (κ2) is 16.7. The van der Waals surface area contributed by atoms with Crippen LogP contribution in [-0.4, -0.2) is 50.9 Å². The fourth-order valence-electron chi connectivity index (χ4n) is 4.98. The van der Waals surface area contributed by atoms with Crippen molar-refractivity contribution in [2.24, 2.45) is 0 Å². The lowest BCUT2D eigenvalue weighted by atomic mass is 10.0. The fraction of sp³-hybridized carbons (Fsp3) is 0.278. The molecule has 0 fully saturated rings. The molecule has 0 aromatic heterocycles. The van der Waals surface area contributed by atoms with Gasteiger partial charge in [-0.15, -0.1) is 0 Å². The molecule has 0 spiro atoms. The average molecular weight is 664 g/mol. The number of hydrogen-bond acceptors (Lipinski definition) is 5. The molecule has 0 aliphatic heterocycles. The minimum absolute atomic E-state index is 0.0578. The maximum Gasteiger partial charge on any atom is 0.264 e. The number of amides is 2. The van der Waals surface area contributed by atoms with Gasteiger partial charge in [0, 0.05) is 19.5 Å². The number of sulfonamides is 1. The molecule has 0 saturated heterocycles. The van der Waals surface area contributed by atoms with Gasteiger partial charge in [-0.25, -0.2) is 17.2 Å². The number of unbranched alkanes of at least 4 members (excludes halogenated alkanes) is 1. The number of carbonyl (C=O) groups is 2. The lowest BCUT2D eigenvalue weighted by Crippen LogP contribution is -2.53. The molecule has 0 heterocycles. The standard InChI is InChI=1S/C36H39F2N3O5S/c1-3-5-23-39-36(43)34(24-27-9-7-6-8-10-27)40(25-28-11-13-29(37)14-12-28)35(42)26-41(31-17-15-30(38)16-18-31)47(44,45)33-21-19-32(20-22-33)46-4-2/h6-22,34H,3-5,23-26H2,1-2H3,(H,39,43)/t34-/m0/s1. The average Bonchev–Trinajstić information content (AvgIpc) is 3.07. The Hall–Kier alpha value is -4.77. The lowest BCUT2D eigenvalue weighted by Gasteiger charge is -2.34. The largest absolute Gasteiger partial charge is 0.494 e. The molecule has 0 bridgehead atoms. The van der Waals surface area contributed by atoms with Crippen molar-refractivity contribution < 1.29 is 31.5 Å². The third-order valence-electron chi connectivity index (χ3n) is 7.48. The first-order valence-corrected chi connectivity index (χ1v) is 16.9. The van der Waals surface area contributed by atoms with Crippen LogP contribution in [-0.2, 0) is 32.6 Å². The Kier molecular flexibility index (Phi) is 12.5. The van der Waals surface area contributed by atoms with Crippen molar-refractivity contribution in [3.63, 3.8) is 0 Å². The molecule has 4 rings (SSSR count). The Morgan fingerprint density at radius 3 is 2.02 bits per heavy atom. The number of ether oxygens (including phenoxy) is 1. The molecule has 0 saturated carbocycles. The summed E-state index contributed by atoms with van der Waals surface area (Å²) in [6.45, 7) is 3.79. The van der Waals surface area contributed by atoms with Gasteiger partial charge in [-0.2, -0.15) is 0 Å². The minimum Gasteiger partial charge on any atom is -0.494 e. The second-order valence-corrected chi connectivity index (χ2v) is 12.8. The first kappa shape index (κ1) is 35.1. The molecule has 1 N–H and O–H groups in total. The molecular formula is C36H39F2N3O5S. The molecule has 2 amide bonds. The van der Waals surface area contributed by atoms with E-state index in [0.29, 0.717) is 24.5 Å². The highest BCUT2D eigenvalue weighted by atomic mass is 32.2. The number of halogens is 2. The summed E-state index contributed by atoms with van der Waals surface area (Å²) in [5.74, 6) is -1.66. The third kappa shape index (κ3) is 9.62. The molecular weight excluding hydrogens is 624 g/mol. The van der Waals surface area contributed by atoms with E-state index in [1.54, 1.807) is 6.92 Å². The SMILES string of the molecule is CCCCNC(=O)[C@H](Cc1ccccc1)N(Cc1ccc(F)cc1)C(=O)CN(c1ccc(F)cc1)S(=O)(=O)c1ccc(OCC)cc1. The number of anilines is 1. The van der Waals surface area contributed by atoms with E-state index in [2.05, 4.69) is 5.32 Å². The summed E-state index contributed by atoms with van der Waals surface area (Å²) < 4.78 is 62.3. The summed E-state index contributed by atoms with van der Waals surface area (Å²) in [5, 5.41) is 2.92. The zero-order valence-electron chi connectivity index (χ0n) is 26.4. The van der Waals surface area contributed by atoms with Crippen molar-refractivity contribution in [2.45, 2.75) is 50.6 Å². The summed E-state index contributed by atoms with van der Waals surface area (Å²) in [6, 6.07) is 24.2. The molecule has 0 aliphatic carbocycles. The van der Waals surface area contributed by atoms with Crippen LogP contribution in [0.5, 0.6) is 5.75 Å². The summed E-state index contributed by atoms with van der Waals surface area (Å²) in [5.41, 5.74) is 1.39. The van der Waals surface area contributed by atoms with Gasteiger partial charge in [0.05, 0.1) is 17.2 Å². The van der Waals surface area contributed by atoms with Crippen LogP contribution in [0.4, 0.5) is 14.5 Å². The van der Waals surface area contributed by atoms with Gasteiger partial charge >= 0.3 is 0 Å². The van der Waals surface area contributed by atoms with Crippen LogP contribution in [0.25, 0.3) is 0 Å². The molecule has 0 radical (unpaired) electrons. The predicted octanol–water partition coefficient (Wildman–Crippen LogP) is 6.12. The van der Waals surface area contributed by atoms with E-state index in [1.807, 2.05) is 37.3 Å². The molecule has 11 heteroatoms. The quantitative estimate of drug-likeness (QED) is 0.146. The van der Waals surface area contributed by atoms with Crippen molar-refractivity contribution in [1.82, 2.24) is 10.2 Å². The van der Waals surface area contributed by atoms with Gasteiger partial charge in [0.25, 0.3) is 10.0 Å². The molecule has 47 heavy (non-hydrogen) atoms. The van der Waals surface area contributed by atoms with Gasteiger partial charge < -0.3 is 15.0 Å². The molecule has 8 nitrogen and oxygen atoms in total. The fourth-order valence-corrected chi connectivity index (χ4v) is 6.40. The van der Waals surface area contributed by atoms with Crippen LogP contribution in [0, 0.1) is 11.6 Å². The number of nitrogens with zero attached hydrogens (tertiary/aromatic N) is 2. The van der Waals surface area contributed by atoms with Gasteiger partial charge in [0.1, 0.15) is 30.0 Å². The molecule has 248 valence electrons. The molecule has 4 aromatic carbocycles. The summed E-state index contributed by atoms with van der Waals surface area (Å²) in [6.07, 6.45) is 1.72. The molecule has 0 aliphatic rings. The van der Waals surface area contributed by atoms with Crippen molar-refractivity contribution in [3.05, 3.63) is 126 Å². The van der Waals surface area contributed by atoms with Crippen LogP contribution in [0.1, 0.15) is 37.8 Å². The zero-order chi connectivity index (χ0) is 33.8. The zero-order valence-corrected chi connectivity index (χ0v) is 27.3. The van der Waals surface area contributed by atoms with Crippen molar-refractivity contribution in [3.8, 4) is 5.75 Å². The predicted molar refractivity (Wildman–Crippen MR) is 177 cm³/mol. The Balaban J connectivity index is 1.77. The monoisotopic (exact) mass is 663 g/mol. The Morgan fingerprint density at radius 2 is 1.43 bits per heavy atom. The van der Waals surface area contributed by atoms with E-state index in [-0.39, 0.29) is 23.5 Å².